The normalized spacial score (nSPS) is 31.6. The van der Waals surface area contributed by atoms with Crippen LogP contribution in [0.25, 0.3) is 0 Å². The van der Waals surface area contributed by atoms with E-state index in [1.807, 2.05) is 0 Å². The first-order valence-electron chi connectivity index (χ1n) is 9.11. The molecule has 2 saturated heterocycles. The van der Waals surface area contributed by atoms with Gasteiger partial charge in [-0.15, -0.1) is 0 Å². The average molecular weight is 320 g/mol. The molecule has 2 atom stereocenters. The Hall–Kier alpha value is -0.980. The maximum Gasteiger partial charge on any atom is 0.240 e. The van der Waals surface area contributed by atoms with E-state index >= 15 is 0 Å². The van der Waals surface area contributed by atoms with Gasteiger partial charge in [0.05, 0.1) is 18.8 Å². The van der Waals surface area contributed by atoms with Gasteiger partial charge in [-0.05, 0) is 39.5 Å². The van der Waals surface area contributed by atoms with Crippen LogP contribution < -0.4 is 0 Å². The van der Waals surface area contributed by atoms with Crippen molar-refractivity contribution < 1.29 is 9.26 Å². The van der Waals surface area contributed by atoms with Crippen LogP contribution in [-0.2, 0) is 11.3 Å². The zero-order valence-corrected chi connectivity index (χ0v) is 14.3. The van der Waals surface area contributed by atoms with E-state index in [-0.39, 0.29) is 0 Å². The van der Waals surface area contributed by atoms with E-state index in [1.54, 1.807) is 0 Å². The molecule has 6 nitrogen and oxygen atoms in total. The fourth-order valence-electron chi connectivity index (χ4n) is 3.99. The lowest BCUT2D eigenvalue weighted by atomic mass is 10.0. The Balaban J connectivity index is 1.26. The number of likely N-dealkylation sites (tertiary alicyclic amines) is 1. The average Bonchev–Trinajstić information content (AvgIpc) is 3.27. The molecule has 3 fully saturated rings. The van der Waals surface area contributed by atoms with Gasteiger partial charge in [-0.3, -0.25) is 9.80 Å². The van der Waals surface area contributed by atoms with Crippen LogP contribution >= 0.6 is 0 Å². The summed E-state index contributed by atoms with van der Waals surface area (Å²) >= 11 is 0. The van der Waals surface area contributed by atoms with Gasteiger partial charge in [0.1, 0.15) is 0 Å². The third-order valence-corrected chi connectivity index (χ3v) is 5.31. The van der Waals surface area contributed by atoms with Crippen LogP contribution in [0, 0.1) is 0 Å². The first kappa shape index (κ1) is 15.5. The molecule has 0 N–H and O–H groups in total. The van der Waals surface area contributed by atoms with Crippen molar-refractivity contribution in [3.05, 3.63) is 11.7 Å². The highest BCUT2D eigenvalue weighted by atomic mass is 16.5. The summed E-state index contributed by atoms with van der Waals surface area (Å²) in [6.07, 6.45) is 5.61. The van der Waals surface area contributed by atoms with Crippen LogP contribution in [0.5, 0.6) is 0 Å². The van der Waals surface area contributed by atoms with Crippen molar-refractivity contribution in [2.75, 3.05) is 26.2 Å². The molecule has 6 heteroatoms. The van der Waals surface area contributed by atoms with Crippen molar-refractivity contribution in [1.82, 2.24) is 19.9 Å². The summed E-state index contributed by atoms with van der Waals surface area (Å²) in [7, 11) is 0. The molecule has 0 aromatic carbocycles. The van der Waals surface area contributed by atoms with Crippen molar-refractivity contribution in [3.63, 3.8) is 0 Å². The van der Waals surface area contributed by atoms with Gasteiger partial charge in [0, 0.05) is 38.1 Å². The predicted molar refractivity (Wildman–Crippen MR) is 86.2 cm³/mol. The molecule has 0 spiro atoms. The Morgan fingerprint density at radius 3 is 2.39 bits per heavy atom. The highest BCUT2D eigenvalue weighted by Crippen LogP contribution is 2.38. The predicted octanol–water partition coefficient (Wildman–Crippen LogP) is 2.02. The van der Waals surface area contributed by atoms with Crippen molar-refractivity contribution in [3.8, 4) is 0 Å². The van der Waals surface area contributed by atoms with E-state index in [2.05, 4.69) is 33.8 Å². The summed E-state index contributed by atoms with van der Waals surface area (Å²) in [5.41, 5.74) is 0. The summed E-state index contributed by atoms with van der Waals surface area (Å²) in [6, 6.07) is 0.699. The smallest absolute Gasteiger partial charge is 0.240 e. The van der Waals surface area contributed by atoms with Crippen LogP contribution in [0.2, 0.25) is 0 Å². The second kappa shape index (κ2) is 6.49. The number of ether oxygens (including phenoxy) is 1. The van der Waals surface area contributed by atoms with E-state index in [0.717, 1.165) is 44.4 Å². The molecule has 3 heterocycles. The lowest BCUT2D eigenvalue weighted by Gasteiger charge is -2.43. The molecule has 0 amide bonds. The second-order valence-electron chi connectivity index (χ2n) is 7.54. The number of aromatic nitrogens is 2. The summed E-state index contributed by atoms with van der Waals surface area (Å²) < 4.78 is 11.3. The molecule has 1 saturated carbocycles. The minimum absolute atomic E-state index is 0.357. The Bertz CT molecular complexity index is 512. The van der Waals surface area contributed by atoms with Gasteiger partial charge in [0.25, 0.3) is 0 Å². The van der Waals surface area contributed by atoms with Gasteiger partial charge in [-0.25, -0.2) is 0 Å². The van der Waals surface area contributed by atoms with Crippen molar-refractivity contribution in [2.24, 2.45) is 0 Å². The van der Waals surface area contributed by atoms with Crippen LogP contribution in [0.4, 0.5) is 0 Å². The minimum atomic E-state index is 0.357. The lowest BCUT2D eigenvalue weighted by molar-refractivity contribution is -0.0867. The molecular weight excluding hydrogens is 292 g/mol. The lowest BCUT2D eigenvalue weighted by Crippen LogP contribution is -2.53. The summed E-state index contributed by atoms with van der Waals surface area (Å²) in [5, 5.41) is 4.11. The van der Waals surface area contributed by atoms with E-state index in [0.29, 0.717) is 24.2 Å². The Morgan fingerprint density at radius 1 is 1.04 bits per heavy atom. The Morgan fingerprint density at radius 2 is 1.74 bits per heavy atom. The van der Waals surface area contributed by atoms with Gasteiger partial charge >= 0.3 is 0 Å². The summed E-state index contributed by atoms with van der Waals surface area (Å²) in [5.74, 6) is 2.29. The second-order valence-corrected chi connectivity index (χ2v) is 7.54. The first-order chi connectivity index (χ1) is 11.2. The van der Waals surface area contributed by atoms with Gasteiger partial charge in [-0.1, -0.05) is 5.16 Å². The monoisotopic (exact) mass is 320 g/mol. The zero-order chi connectivity index (χ0) is 15.8. The van der Waals surface area contributed by atoms with Crippen LogP contribution in [-0.4, -0.2) is 64.4 Å². The molecule has 0 radical (unpaired) electrons. The molecule has 1 aliphatic carbocycles. The SMILES string of the molecule is C[C@@H]1CN(C2CCN(Cc3nc(C4CC4)no3)CC2)C[C@H](C)O1. The van der Waals surface area contributed by atoms with Crippen molar-refractivity contribution in [1.29, 1.82) is 0 Å². The van der Waals surface area contributed by atoms with Crippen LogP contribution in [0.1, 0.15) is 57.2 Å². The van der Waals surface area contributed by atoms with Gasteiger partial charge in [0.2, 0.25) is 5.89 Å². The van der Waals surface area contributed by atoms with Gasteiger partial charge in [-0.2, -0.15) is 4.98 Å². The fourth-order valence-corrected chi connectivity index (χ4v) is 3.99. The largest absolute Gasteiger partial charge is 0.373 e. The molecule has 0 unspecified atom stereocenters. The molecule has 23 heavy (non-hydrogen) atoms. The standard InChI is InChI=1S/C17H28N4O2/c1-12-9-21(10-13(2)22-12)15-5-7-20(8-6-15)11-16-18-17(19-23-16)14-3-4-14/h12-15H,3-11H2,1-2H3/t12-,13+. The van der Waals surface area contributed by atoms with Crippen LogP contribution in [0.15, 0.2) is 4.52 Å². The number of morpholine rings is 1. The van der Waals surface area contributed by atoms with E-state index in [9.17, 15) is 0 Å². The minimum Gasteiger partial charge on any atom is -0.373 e. The van der Waals surface area contributed by atoms with Crippen molar-refractivity contribution in [2.45, 2.75) is 70.2 Å². The molecule has 1 aromatic heterocycles. The van der Waals surface area contributed by atoms with E-state index < -0.39 is 0 Å². The third-order valence-electron chi connectivity index (χ3n) is 5.31. The van der Waals surface area contributed by atoms with Gasteiger partial charge in [0.15, 0.2) is 5.82 Å². The number of hydrogen-bond acceptors (Lipinski definition) is 6. The summed E-state index contributed by atoms with van der Waals surface area (Å²) in [6.45, 7) is 9.56. The van der Waals surface area contributed by atoms with Crippen molar-refractivity contribution >= 4 is 0 Å². The zero-order valence-electron chi connectivity index (χ0n) is 14.3. The highest BCUT2D eigenvalue weighted by Gasteiger charge is 2.32. The molecular formula is C17H28N4O2. The molecule has 2 aliphatic heterocycles. The number of rotatable bonds is 4. The molecule has 3 aliphatic rings. The fraction of sp³-hybridized carbons (Fsp3) is 0.882. The third kappa shape index (κ3) is 3.75. The quantitative estimate of drug-likeness (QED) is 0.846. The van der Waals surface area contributed by atoms with Gasteiger partial charge < -0.3 is 9.26 Å². The topological polar surface area (TPSA) is 54.6 Å². The molecule has 0 bridgehead atoms. The van der Waals surface area contributed by atoms with E-state index in [1.165, 1.54) is 25.7 Å². The number of hydrogen-bond donors (Lipinski definition) is 0. The molecule has 128 valence electrons. The molecule has 4 rings (SSSR count). The Labute approximate surface area is 138 Å². The highest BCUT2D eigenvalue weighted by molar-refractivity contribution is 5.03. The maximum atomic E-state index is 5.85. The molecule has 1 aromatic rings. The Kier molecular flexibility index (Phi) is 4.39. The maximum absolute atomic E-state index is 5.85. The number of piperidine rings is 1. The van der Waals surface area contributed by atoms with Crippen LogP contribution in [0.3, 0.4) is 0 Å². The first-order valence-corrected chi connectivity index (χ1v) is 9.11. The van der Waals surface area contributed by atoms with E-state index in [4.69, 9.17) is 9.26 Å². The summed E-state index contributed by atoms with van der Waals surface area (Å²) in [4.78, 5) is 9.63. The number of nitrogens with zero attached hydrogens (tertiary/aromatic N) is 4.